The Morgan fingerprint density at radius 2 is 1.20 bits per heavy atom. The number of nitrogens with zero attached hydrogens (tertiary/aromatic N) is 1. The van der Waals surface area contributed by atoms with E-state index in [4.69, 9.17) is 17.3 Å². The van der Waals surface area contributed by atoms with Crippen LogP contribution in [-0.4, -0.2) is 38.6 Å². The summed E-state index contributed by atoms with van der Waals surface area (Å²) in [5, 5.41) is 16.5. The molecular weight excluding hydrogens is 292 g/mol. The Bertz CT molecular complexity index is 235. The second-order valence-electron chi connectivity index (χ2n) is 4.73. The predicted octanol–water partition coefficient (Wildman–Crippen LogP) is 4.08. The van der Waals surface area contributed by atoms with Crippen molar-refractivity contribution in [3.63, 3.8) is 0 Å². The topological polar surface area (TPSA) is 69.7 Å². The lowest BCUT2D eigenvalue weighted by atomic mass is 10.2. The molecule has 0 spiro atoms. The van der Waals surface area contributed by atoms with Crippen molar-refractivity contribution in [2.24, 2.45) is 5.73 Å². The van der Waals surface area contributed by atoms with Gasteiger partial charge in [0, 0.05) is 13.1 Å². The third kappa shape index (κ3) is 19.7. The summed E-state index contributed by atoms with van der Waals surface area (Å²) < 4.78 is 0. The van der Waals surface area contributed by atoms with E-state index in [9.17, 15) is 5.11 Å². The van der Waals surface area contributed by atoms with Crippen molar-refractivity contribution in [2.75, 3.05) is 13.1 Å². The molecule has 0 saturated heterocycles. The van der Waals surface area contributed by atoms with Gasteiger partial charge in [0.05, 0.1) is 0 Å². The van der Waals surface area contributed by atoms with Gasteiger partial charge in [-0.15, -0.1) is 0 Å². The first kappa shape index (κ1) is 21.7. The van der Waals surface area contributed by atoms with Crippen LogP contribution in [0.5, 0.6) is 0 Å². The summed E-state index contributed by atoms with van der Waals surface area (Å²) >= 11 is 8.72. The SMILES string of the molecule is CCCCCCN(CCCCCC)C(O)=S.NC(O)=S. The molecule has 20 heavy (non-hydrogen) atoms. The van der Waals surface area contributed by atoms with Crippen molar-refractivity contribution in [1.82, 2.24) is 4.90 Å². The Morgan fingerprint density at radius 3 is 1.45 bits per heavy atom. The van der Waals surface area contributed by atoms with Crippen molar-refractivity contribution in [3.05, 3.63) is 0 Å². The van der Waals surface area contributed by atoms with Crippen molar-refractivity contribution in [1.29, 1.82) is 0 Å². The molecule has 0 radical (unpaired) electrons. The Morgan fingerprint density at radius 1 is 0.850 bits per heavy atom. The van der Waals surface area contributed by atoms with Gasteiger partial charge >= 0.3 is 0 Å². The van der Waals surface area contributed by atoms with Gasteiger partial charge < -0.3 is 20.8 Å². The van der Waals surface area contributed by atoms with Crippen LogP contribution in [0.2, 0.25) is 0 Å². The maximum absolute atomic E-state index is 9.38. The normalized spacial score (nSPS) is 9.50. The Labute approximate surface area is 134 Å². The van der Waals surface area contributed by atoms with Crippen LogP contribution >= 0.6 is 24.4 Å². The zero-order valence-electron chi connectivity index (χ0n) is 12.8. The number of aliphatic hydroxyl groups is 2. The minimum Gasteiger partial charge on any atom is -0.487 e. The molecule has 0 unspecified atom stereocenters. The monoisotopic (exact) mass is 322 g/mol. The Balaban J connectivity index is 0. The number of aliphatic hydroxyl groups excluding tert-OH is 2. The summed E-state index contributed by atoms with van der Waals surface area (Å²) in [5.41, 5.74) is 4.40. The van der Waals surface area contributed by atoms with Crippen LogP contribution in [0.3, 0.4) is 0 Å². The average molecular weight is 323 g/mol. The fourth-order valence-corrected chi connectivity index (χ4v) is 1.94. The zero-order chi connectivity index (χ0) is 15.8. The molecule has 4 nitrogen and oxygen atoms in total. The van der Waals surface area contributed by atoms with E-state index in [1.807, 2.05) is 4.90 Å². The van der Waals surface area contributed by atoms with E-state index in [1.54, 1.807) is 0 Å². The molecule has 0 heterocycles. The first-order chi connectivity index (χ1) is 9.45. The smallest absolute Gasteiger partial charge is 0.256 e. The van der Waals surface area contributed by atoms with Gasteiger partial charge in [0.2, 0.25) is 0 Å². The van der Waals surface area contributed by atoms with Crippen molar-refractivity contribution in [2.45, 2.75) is 65.2 Å². The van der Waals surface area contributed by atoms with E-state index in [1.165, 1.54) is 38.5 Å². The molecule has 120 valence electrons. The minimum atomic E-state index is -0.500. The fraction of sp³-hybridized carbons (Fsp3) is 0.857. The molecule has 0 aromatic heterocycles. The molecule has 0 aromatic rings. The van der Waals surface area contributed by atoms with Crippen LogP contribution in [0.15, 0.2) is 0 Å². The van der Waals surface area contributed by atoms with Gasteiger partial charge in [-0.05, 0) is 37.3 Å². The molecule has 0 saturated carbocycles. The van der Waals surface area contributed by atoms with Crippen LogP contribution in [0.4, 0.5) is 0 Å². The van der Waals surface area contributed by atoms with Crippen molar-refractivity contribution in [3.8, 4) is 0 Å². The second kappa shape index (κ2) is 16.4. The van der Waals surface area contributed by atoms with Gasteiger partial charge in [0.1, 0.15) is 0 Å². The molecule has 0 aliphatic rings. The second-order valence-corrected chi connectivity index (χ2v) is 5.51. The molecule has 0 amide bonds. The number of nitrogens with two attached hydrogens (primary N) is 1. The lowest BCUT2D eigenvalue weighted by molar-refractivity contribution is 0.328. The highest BCUT2D eigenvalue weighted by Crippen LogP contribution is 2.05. The van der Waals surface area contributed by atoms with E-state index < -0.39 is 5.17 Å². The number of rotatable bonds is 10. The van der Waals surface area contributed by atoms with Crippen LogP contribution in [0.25, 0.3) is 0 Å². The maximum Gasteiger partial charge on any atom is 0.256 e. The van der Waals surface area contributed by atoms with Gasteiger partial charge in [-0.3, -0.25) is 0 Å². The summed E-state index contributed by atoms with van der Waals surface area (Å²) in [6.45, 7) is 6.25. The van der Waals surface area contributed by atoms with Gasteiger partial charge in [0.15, 0.2) is 0 Å². The van der Waals surface area contributed by atoms with Crippen molar-refractivity contribution >= 4 is 34.8 Å². The molecule has 0 aromatic carbocycles. The Hall–Kier alpha value is -0.620. The summed E-state index contributed by atoms with van der Waals surface area (Å²) in [6, 6.07) is 0. The molecule has 0 aliphatic carbocycles. The lowest BCUT2D eigenvalue weighted by Gasteiger charge is -2.21. The largest absolute Gasteiger partial charge is 0.487 e. The van der Waals surface area contributed by atoms with E-state index in [0.29, 0.717) is 0 Å². The lowest BCUT2D eigenvalue weighted by Crippen LogP contribution is -2.31. The highest BCUT2D eigenvalue weighted by molar-refractivity contribution is 7.80. The quantitative estimate of drug-likeness (QED) is 0.416. The van der Waals surface area contributed by atoms with Gasteiger partial charge in [-0.1, -0.05) is 52.4 Å². The van der Waals surface area contributed by atoms with Crippen molar-refractivity contribution < 1.29 is 10.2 Å². The van der Waals surface area contributed by atoms with Gasteiger partial charge in [0.25, 0.3) is 10.3 Å². The maximum atomic E-state index is 9.38. The summed E-state index contributed by atoms with van der Waals surface area (Å²) in [4.78, 5) is 1.95. The zero-order valence-corrected chi connectivity index (χ0v) is 14.4. The van der Waals surface area contributed by atoms with E-state index in [0.717, 1.165) is 25.9 Å². The van der Waals surface area contributed by atoms with E-state index in [-0.39, 0.29) is 5.17 Å². The third-order valence-electron chi connectivity index (χ3n) is 2.83. The molecule has 6 heteroatoms. The van der Waals surface area contributed by atoms with Gasteiger partial charge in [-0.2, -0.15) is 0 Å². The number of hydrogen-bond donors (Lipinski definition) is 3. The number of thiocarbonyl (C=S) groups is 2. The number of hydrogen-bond acceptors (Lipinski definition) is 2. The average Bonchev–Trinajstić information content (AvgIpc) is 2.36. The molecule has 0 fully saturated rings. The van der Waals surface area contributed by atoms with Crippen LogP contribution in [0, 0.1) is 0 Å². The van der Waals surface area contributed by atoms with Gasteiger partial charge in [-0.25, -0.2) is 0 Å². The summed E-state index contributed by atoms with van der Waals surface area (Å²) in [5.74, 6) is 0. The first-order valence-corrected chi connectivity index (χ1v) is 8.23. The standard InChI is InChI=1S/C13H27NOS.CH3NOS/c1-3-5-7-9-11-14(13(15)16)12-10-8-6-4-2;2-1(3)4/h3-12H2,1-2H3,(H,15,16);(H3,2,3,4). The third-order valence-corrected chi connectivity index (χ3v) is 3.09. The molecule has 0 bridgehead atoms. The molecule has 0 rings (SSSR count). The molecule has 4 N–H and O–H groups in total. The van der Waals surface area contributed by atoms with E-state index in [2.05, 4.69) is 31.8 Å². The number of unbranched alkanes of at least 4 members (excludes halogenated alkanes) is 6. The predicted molar refractivity (Wildman–Crippen MR) is 94.5 cm³/mol. The van der Waals surface area contributed by atoms with Crippen LogP contribution < -0.4 is 5.73 Å². The highest BCUT2D eigenvalue weighted by atomic mass is 32.1. The van der Waals surface area contributed by atoms with Crippen LogP contribution in [0.1, 0.15) is 65.2 Å². The molecule has 0 aliphatic heterocycles. The molecule has 0 atom stereocenters. The molecular formula is C14H30N2O2S2. The first-order valence-electron chi connectivity index (χ1n) is 7.41. The minimum absolute atomic E-state index is 0.0768. The van der Waals surface area contributed by atoms with E-state index >= 15 is 0 Å². The summed E-state index contributed by atoms with van der Waals surface area (Å²) in [6.07, 6.45) is 9.82. The van der Waals surface area contributed by atoms with Crippen LogP contribution in [-0.2, 0) is 0 Å². The fourth-order valence-electron chi connectivity index (χ4n) is 1.76. The summed E-state index contributed by atoms with van der Waals surface area (Å²) in [7, 11) is 0. The Kier molecular flexibility index (Phi) is 17.8. The highest BCUT2D eigenvalue weighted by Gasteiger charge is 2.06.